The maximum atomic E-state index is 12.2. The van der Waals surface area contributed by atoms with Crippen LogP contribution in [0.3, 0.4) is 0 Å². The average molecular weight is 370 g/mol. The third-order valence-corrected chi connectivity index (χ3v) is 4.59. The number of nitrogen functional groups attached to an aromatic ring is 1. The average Bonchev–Trinajstić information content (AvgIpc) is 3.00. The molecule has 1 heterocycles. The molecule has 0 aliphatic rings. The smallest absolute Gasteiger partial charge is 0.210 e. The highest BCUT2D eigenvalue weighted by Crippen LogP contribution is 2.19. The van der Waals surface area contributed by atoms with Crippen LogP contribution in [0.5, 0.6) is 11.5 Å². The van der Waals surface area contributed by atoms with Crippen molar-refractivity contribution in [2.75, 3.05) is 11.6 Å². The van der Waals surface area contributed by atoms with Gasteiger partial charge in [0, 0.05) is 5.56 Å². The Morgan fingerprint density at radius 1 is 1.15 bits per heavy atom. The van der Waals surface area contributed by atoms with Crippen LogP contribution in [-0.2, 0) is 6.61 Å². The number of ether oxygens (including phenoxy) is 1. The number of hydrogen-bond donors (Lipinski definition) is 2. The van der Waals surface area contributed by atoms with Crippen LogP contribution in [0.1, 0.15) is 21.7 Å². The maximum Gasteiger partial charge on any atom is 0.210 e. The van der Waals surface area contributed by atoms with Crippen molar-refractivity contribution in [3.05, 3.63) is 65.5 Å². The summed E-state index contributed by atoms with van der Waals surface area (Å²) in [6, 6.07) is 13.8. The second kappa shape index (κ2) is 7.92. The highest BCUT2D eigenvalue weighted by molar-refractivity contribution is 7.99. The molecule has 0 amide bonds. The van der Waals surface area contributed by atoms with E-state index in [-0.39, 0.29) is 23.9 Å². The van der Waals surface area contributed by atoms with Crippen LogP contribution in [0.4, 0.5) is 0 Å². The molecule has 0 aliphatic carbocycles. The number of ketones is 1. The molecule has 0 atom stereocenters. The third-order valence-electron chi connectivity index (χ3n) is 3.65. The topological polar surface area (TPSA) is 103 Å². The molecule has 8 heteroatoms. The summed E-state index contributed by atoms with van der Waals surface area (Å²) in [7, 11) is 0. The highest BCUT2D eigenvalue weighted by Gasteiger charge is 2.14. The van der Waals surface area contributed by atoms with Crippen LogP contribution in [0.2, 0.25) is 0 Å². The number of phenols is 1. The van der Waals surface area contributed by atoms with E-state index < -0.39 is 0 Å². The molecule has 3 rings (SSSR count). The quantitative estimate of drug-likeness (QED) is 0.374. The van der Waals surface area contributed by atoms with Crippen molar-refractivity contribution in [1.82, 2.24) is 14.9 Å². The maximum absolute atomic E-state index is 12.2. The number of hydrogen-bond acceptors (Lipinski definition) is 7. The van der Waals surface area contributed by atoms with Crippen LogP contribution >= 0.6 is 11.8 Å². The SMILES string of the molecule is Cc1ccc(OCc2nnc(SCC(=O)c3ccc(O)cc3)n2N)cc1. The van der Waals surface area contributed by atoms with Crippen molar-refractivity contribution in [3.8, 4) is 11.5 Å². The number of aryl methyl sites for hydroxylation is 1. The molecule has 134 valence electrons. The van der Waals surface area contributed by atoms with Gasteiger partial charge in [-0.05, 0) is 43.3 Å². The molecule has 0 unspecified atom stereocenters. The molecule has 0 spiro atoms. The number of aromatic nitrogens is 3. The highest BCUT2D eigenvalue weighted by atomic mass is 32.2. The first-order valence-corrected chi connectivity index (χ1v) is 8.85. The molecule has 0 fully saturated rings. The van der Waals surface area contributed by atoms with E-state index >= 15 is 0 Å². The van der Waals surface area contributed by atoms with Gasteiger partial charge in [0.25, 0.3) is 0 Å². The van der Waals surface area contributed by atoms with E-state index in [0.29, 0.717) is 16.5 Å². The molecule has 0 saturated heterocycles. The number of rotatable bonds is 7. The Balaban J connectivity index is 1.57. The Hall–Kier alpha value is -3.00. The van der Waals surface area contributed by atoms with Crippen LogP contribution in [0.15, 0.2) is 53.7 Å². The molecule has 0 bridgehead atoms. The minimum Gasteiger partial charge on any atom is -0.508 e. The summed E-state index contributed by atoms with van der Waals surface area (Å²) in [5, 5.41) is 17.7. The molecule has 1 aromatic heterocycles. The summed E-state index contributed by atoms with van der Waals surface area (Å²) >= 11 is 1.20. The van der Waals surface area contributed by atoms with Crippen molar-refractivity contribution in [1.29, 1.82) is 0 Å². The lowest BCUT2D eigenvalue weighted by Gasteiger charge is -2.06. The van der Waals surface area contributed by atoms with E-state index in [4.69, 9.17) is 10.6 Å². The first-order valence-electron chi connectivity index (χ1n) is 7.87. The summed E-state index contributed by atoms with van der Waals surface area (Å²) < 4.78 is 6.97. The predicted octanol–water partition coefficient (Wildman–Crippen LogP) is 2.56. The van der Waals surface area contributed by atoms with Gasteiger partial charge in [-0.3, -0.25) is 4.79 Å². The number of benzene rings is 2. The lowest BCUT2D eigenvalue weighted by atomic mass is 10.1. The summed E-state index contributed by atoms with van der Waals surface area (Å²) in [6.45, 7) is 2.18. The molecule has 3 N–H and O–H groups in total. The molecule has 0 saturated carbocycles. The fourth-order valence-electron chi connectivity index (χ4n) is 2.15. The molecule has 3 aromatic rings. The lowest BCUT2D eigenvalue weighted by molar-refractivity contribution is 0.102. The van der Waals surface area contributed by atoms with Crippen molar-refractivity contribution in [2.45, 2.75) is 18.7 Å². The van der Waals surface area contributed by atoms with Crippen molar-refractivity contribution in [2.24, 2.45) is 0 Å². The van der Waals surface area contributed by atoms with Gasteiger partial charge in [-0.25, -0.2) is 4.68 Å². The fraction of sp³-hybridized carbons (Fsp3) is 0.167. The van der Waals surface area contributed by atoms with Crippen LogP contribution in [0.25, 0.3) is 0 Å². The molecular weight excluding hydrogens is 352 g/mol. The normalized spacial score (nSPS) is 10.7. The number of nitrogens with two attached hydrogens (primary N) is 1. The largest absolute Gasteiger partial charge is 0.508 e. The number of thioether (sulfide) groups is 1. The Morgan fingerprint density at radius 3 is 2.54 bits per heavy atom. The van der Waals surface area contributed by atoms with E-state index in [1.165, 1.54) is 28.6 Å². The monoisotopic (exact) mass is 370 g/mol. The number of carbonyl (C=O) groups excluding carboxylic acids is 1. The van der Waals surface area contributed by atoms with E-state index in [0.717, 1.165) is 11.3 Å². The second-order valence-electron chi connectivity index (χ2n) is 5.63. The Kier molecular flexibility index (Phi) is 5.43. The second-order valence-corrected chi connectivity index (χ2v) is 6.57. The van der Waals surface area contributed by atoms with E-state index in [9.17, 15) is 9.90 Å². The number of carbonyl (C=O) groups is 1. The summed E-state index contributed by atoms with van der Waals surface area (Å²) in [4.78, 5) is 12.2. The molecule has 0 radical (unpaired) electrons. The fourth-order valence-corrected chi connectivity index (χ4v) is 2.92. The number of aromatic hydroxyl groups is 1. The Morgan fingerprint density at radius 2 is 1.85 bits per heavy atom. The van der Waals surface area contributed by atoms with E-state index in [2.05, 4.69) is 10.2 Å². The van der Waals surface area contributed by atoms with Crippen LogP contribution < -0.4 is 10.6 Å². The zero-order chi connectivity index (χ0) is 18.5. The van der Waals surface area contributed by atoms with Gasteiger partial charge in [-0.2, -0.15) is 0 Å². The minimum absolute atomic E-state index is 0.0875. The van der Waals surface area contributed by atoms with Gasteiger partial charge in [0.1, 0.15) is 18.1 Å². The first kappa shape index (κ1) is 17.8. The van der Waals surface area contributed by atoms with Gasteiger partial charge in [-0.15, -0.1) is 10.2 Å². The summed E-state index contributed by atoms with van der Waals surface area (Å²) in [5.74, 6) is 7.36. The van der Waals surface area contributed by atoms with Gasteiger partial charge in [0.15, 0.2) is 11.6 Å². The van der Waals surface area contributed by atoms with Gasteiger partial charge < -0.3 is 15.7 Å². The Bertz CT molecular complexity index is 892. The lowest BCUT2D eigenvalue weighted by Crippen LogP contribution is -2.16. The molecule has 26 heavy (non-hydrogen) atoms. The zero-order valence-electron chi connectivity index (χ0n) is 14.1. The summed E-state index contributed by atoms with van der Waals surface area (Å²) in [6.07, 6.45) is 0. The van der Waals surface area contributed by atoms with Gasteiger partial charge in [0.05, 0.1) is 5.75 Å². The Labute approximate surface area is 154 Å². The van der Waals surface area contributed by atoms with E-state index in [1.807, 2.05) is 31.2 Å². The van der Waals surface area contributed by atoms with Crippen LogP contribution in [0, 0.1) is 6.92 Å². The molecule has 2 aromatic carbocycles. The van der Waals surface area contributed by atoms with Gasteiger partial charge >= 0.3 is 0 Å². The number of Topliss-reactive ketones (excluding diaryl/α,β-unsaturated/α-hetero) is 1. The molecule has 7 nitrogen and oxygen atoms in total. The first-order chi connectivity index (χ1) is 12.5. The predicted molar refractivity (Wildman–Crippen MR) is 98.8 cm³/mol. The van der Waals surface area contributed by atoms with Crippen molar-refractivity contribution in [3.63, 3.8) is 0 Å². The number of phenolic OH excluding ortho intramolecular Hbond substituents is 1. The third kappa shape index (κ3) is 4.34. The van der Waals surface area contributed by atoms with Gasteiger partial charge in [-0.1, -0.05) is 29.5 Å². The molecule has 0 aliphatic heterocycles. The standard InChI is InChI=1S/C18H18N4O3S/c1-12-2-8-15(9-3-12)25-10-17-20-21-18(22(17)19)26-11-16(24)13-4-6-14(23)7-5-13/h2-9,23H,10-11,19H2,1H3. The van der Waals surface area contributed by atoms with Crippen molar-refractivity contribution >= 4 is 17.5 Å². The van der Waals surface area contributed by atoms with Crippen LogP contribution in [-0.4, -0.2) is 31.5 Å². The van der Waals surface area contributed by atoms with E-state index in [1.54, 1.807) is 12.1 Å². The zero-order valence-corrected chi connectivity index (χ0v) is 14.9. The molecular formula is C18H18N4O3S. The minimum atomic E-state index is -0.0875. The summed E-state index contributed by atoms with van der Waals surface area (Å²) in [5.41, 5.74) is 1.66. The van der Waals surface area contributed by atoms with Crippen molar-refractivity contribution < 1.29 is 14.6 Å². The number of nitrogens with zero attached hydrogens (tertiary/aromatic N) is 3. The van der Waals surface area contributed by atoms with Gasteiger partial charge in [0.2, 0.25) is 5.16 Å².